The predicted molar refractivity (Wildman–Crippen MR) is 72.8 cm³/mol. The van der Waals surface area contributed by atoms with E-state index in [1.807, 2.05) is 0 Å². The molecule has 1 aliphatic heterocycles. The van der Waals surface area contributed by atoms with Crippen LogP contribution in [0.4, 0.5) is 0 Å². The van der Waals surface area contributed by atoms with Crippen molar-refractivity contribution in [3.8, 4) is 0 Å². The Morgan fingerprint density at radius 3 is 2.58 bits per heavy atom. The van der Waals surface area contributed by atoms with Crippen LogP contribution in [0.3, 0.4) is 0 Å². The molecule has 1 unspecified atom stereocenters. The summed E-state index contributed by atoms with van der Waals surface area (Å²) >= 11 is 11.5. The van der Waals surface area contributed by atoms with Crippen molar-refractivity contribution >= 4 is 39.1 Å². The first-order valence-corrected chi connectivity index (χ1v) is 7.86. The molecule has 8 heteroatoms. The summed E-state index contributed by atoms with van der Waals surface area (Å²) in [5.74, 6) is -0.0648. The molecule has 1 aromatic rings. The van der Waals surface area contributed by atoms with Crippen LogP contribution in [0.5, 0.6) is 0 Å². The minimum Gasteiger partial charge on any atom is -0.355 e. The number of piperidine rings is 1. The van der Waals surface area contributed by atoms with Crippen LogP contribution in [0, 0.1) is 0 Å². The fourth-order valence-electron chi connectivity index (χ4n) is 1.76. The van der Waals surface area contributed by atoms with Gasteiger partial charge in [-0.25, -0.2) is 13.1 Å². The first kappa shape index (κ1) is 14.6. The number of nitrogens with one attached hydrogen (secondary N) is 2. The van der Waals surface area contributed by atoms with Crippen molar-refractivity contribution in [3.63, 3.8) is 0 Å². The first-order valence-electron chi connectivity index (χ1n) is 5.62. The highest BCUT2D eigenvalue weighted by Gasteiger charge is 2.24. The fraction of sp³-hybridized carbons (Fsp3) is 0.364. The highest BCUT2D eigenvalue weighted by Crippen LogP contribution is 2.25. The zero-order chi connectivity index (χ0) is 14.0. The summed E-state index contributed by atoms with van der Waals surface area (Å²) in [6.45, 7) is 0.291. The molecule has 1 atom stereocenters. The van der Waals surface area contributed by atoms with Gasteiger partial charge in [-0.2, -0.15) is 0 Å². The van der Waals surface area contributed by atoms with E-state index in [1.54, 1.807) is 0 Å². The molecule has 2 rings (SSSR count). The number of carbonyl (C=O) groups is 1. The largest absolute Gasteiger partial charge is 0.355 e. The number of halogens is 2. The van der Waals surface area contributed by atoms with Crippen LogP contribution in [-0.2, 0) is 14.8 Å². The zero-order valence-electron chi connectivity index (χ0n) is 9.82. The molecule has 0 saturated carbocycles. The maximum absolute atomic E-state index is 12.1. The van der Waals surface area contributed by atoms with Crippen molar-refractivity contribution in [3.05, 3.63) is 28.2 Å². The number of sulfonamides is 1. The van der Waals surface area contributed by atoms with Gasteiger partial charge in [-0.05, 0) is 24.6 Å². The van der Waals surface area contributed by atoms with Gasteiger partial charge in [0.1, 0.15) is 0 Å². The lowest BCUT2D eigenvalue weighted by molar-refractivity contribution is -0.122. The third kappa shape index (κ3) is 3.60. The molecule has 0 bridgehead atoms. The van der Waals surface area contributed by atoms with Gasteiger partial charge >= 0.3 is 0 Å². The van der Waals surface area contributed by atoms with Gasteiger partial charge in [0.15, 0.2) is 0 Å². The van der Waals surface area contributed by atoms with Crippen molar-refractivity contribution in [2.24, 2.45) is 0 Å². The summed E-state index contributed by atoms with van der Waals surface area (Å²) in [7, 11) is -3.66. The van der Waals surface area contributed by atoms with Crippen molar-refractivity contribution in [2.45, 2.75) is 23.8 Å². The molecule has 0 radical (unpaired) electrons. The molecular weight excluding hydrogens is 311 g/mol. The van der Waals surface area contributed by atoms with E-state index in [2.05, 4.69) is 10.0 Å². The summed E-state index contributed by atoms with van der Waals surface area (Å²) in [5.41, 5.74) is 0. The maximum Gasteiger partial charge on any atom is 0.240 e. The van der Waals surface area contributed by atoms with Crippen molar-refractivity contribution in [2.75, 3.05) is 6.54 Å². The smallest absolute Gasteiger partial charge is 0.240 e. The molecular formula is C11H12Cl2N2O3S. The van der Waals surface area contributed by atoms with E-state index in [0.29, 0.717) is 24.4 Å². The Hall–Kier alpha value is -0.820. The molecule has 1 aromatic carbocycles. The fourth-order valence-corrected chi connectivity index (χ4v) is 3.42. The molecule has 0 aliphatic carbocycles. The van der Waals surface area contributed by atoms with Crippen LogP contribution in [0.15, 0.2) is 23.1 Å². The Morgan fingerprint density at radius 2 is 2.00 bits per heavy atom. The lowest BCUT2D eigenvalue weighted by atomic mass is 10.1. The van der Waals surface area contributed by atoms with E-state index in [9.17, 15) is 13.2 Å². The number of amides is 1. The van der Waals surface area contributed by atoms with Crippen molar-refractivity contribution in [1.29, 1.82) is 0 Å². The van der Waals surface area contributed by atoms with E-state index in [4.69, 9.17) is 23.2 Å². The lowest BCUT2D eigenvalue weighted by Gasteiger charge is -2.23. The highest BCUT2D eigenvalue weighted by atomic mass is 35.5. The monoisotopic (exact) mass is 322 g/mol. The lowest BCUT2D eigenvalue weighted by Crippen LogP contribution is -2.47. The van der Waals surface area contributed by atoms with Gasteiger partial charge in [-0.3, -0.25) is 4.79 Å². The van der Waals surface area contributed by atoms with Crippen LogP contribution in [-0.4, -0.2) is 26.9 Å². The van der Waals surface area contributed by atoms with Gasteiger partial charge in [-0.1, -0.05) is 23.2 Å². The second-order valence-corrected chi connectivity index (χ2v) is 6.77. The molecule has 104 valence electrons. The molecule has 0 spiro atoms. The summed E-state index contributed by atoms with van der Waals surface area (Å²) in [4.78, 5) is 11.1. The van der Waals surface area contributed by atoms with Crippen LogP contribution in [0.1, 0.15) is 12.8 Å². The first-order chi connectivity index (χ1) is 8.88. The third-order valence-electron chi connectivity index (χ3n) is 2.79. The van der Waals surface area contributed by atoms with Gasteiger partial charge in [0.25, 0.3) is 0 Å². The normalized spacial score (nSPS) is 20.1. The molecule has 5 nitrogen and oxygen atoms in total. The Labute approximate surface area is 121 Å². The molecule has 1 aliphatic rings. The standard InChI is InChI=1S/C11H12Cl2N2O3S/c12-9-3-2-8(5-10(9)13)19(17,18)15-7-1-4-11(16)14-6-7/h2-3,5,7,15H,1,4,6H2,(H,14,16). The zero-order valence-corrected chi connectivity index (χ0v) is 12.1. The Morgan fingerprint density at radius 1 is 1.26 bits per heavy atom. The van der Waals surface area contributed by atoms with Gasteiger partial charge in [0.2, 0.25) is 15.9 Å². The molecule has 2 N–H and O–H groups in total. The van der Waals surface area contributed by atoms with Gasteiger partial charge in [0, 0.05) is 19.0 Å². The van der Waals surface area contributed by atoms with E-state index in [-0.39, 0.29) is 21.9 Å². The van der Waals surface area contributed by atoms with Crippen LogP contribution in [0.2, 0.25) is 10.0 Å². The maximum atomic E-state index is 12.1. The summed E-state index contributed by atoms with van der Waals surface area (Å²) in [5, 5.41) is 3.09. The minimum absolute atomic E-state index is 0.0544. The van der Waals surface area contributed by atoms with E-state index < -0.39 is 10.0 Å². The summed E-state index contributed by atoms with van der Waals surface area (Å²) in [6.07, 6.45) is 0.793. The minimum atomic E-state index is -3.66. The third-order valence-corrected chi connectivity index (χ3v) is 5.05. The summed E-state index contributed by atoms with van der Waals surface area (Å²) < 4.78 is 26.8. The number of benzene rings is 1. The van der Waals surface area contributed by atoms with Crippen LogP contribution in [0.25, 0.3) is 0 Å². The quantitative estimate of drug-likeness (QED) is 0.886. The van der Waals surface area contributed by atoms with E-state index in [1.165, 1.54) is 18.2 Å². The Balaban J connectivity index is 2.13. The van der Waals surface area contributed by atoms with Gasteiger partial charge in [-0.15, -0.1) is 0 Å². The molecule has 1 fully saturated rings. The average molecular weight is 323 g/mol. The van der Waals surface area contributed by atoms with Crippen molar-refractivity contribution < 1.29 is 13.2 Å². The Kier molecular flexibility index (Phi) is 4.35. The van der Waals surface area contributed by atoms with Crippen molar-refractivity contribution in [1.82, 2.24) is 10.0 Å². The highest BCUT2D eigenvalue weighted by molar-refractivity contribution is 7.89. The predicted octanol–water partition coefficient (Wildman–Crippen LogP) is 1.55. The molecule has 1 amide bonds. The number of hydrogen-bond donors (Lipinski definition) is 2. The second-order valence-electron chi connectivity index (χ2n) is 4.24. The molecule has 1 saturated heterocycles. The van der Waals surface area contributed by atoms with Gasteiger partial charge in [0.05, 0.1) is 14.9 Å². The Bertz CT molecular complexity index is 594. The molecule has 1 heterocycles. The topological polar surface area (TPSA) is 75.3 Å². The number of carbonyl (C=O) groups excluding carboxylic acids is 1. The molecule has 0 aromatic heterocycles. The van der Waals surface area contributed by atoms with E-state index in [0.717, 1.165) is 0 Å². The van der Waals surface area contributed by atoms with Crippen LogP contribution >= 0.6 is 23.2 Å². The van der Waals surface area contributed by atoms with E-state index >= 15 is 0 Å². The van der Waals surface area contributed by atoms with Gasteiger partial charge < -0.3 is 5.32 Å². The van der Waals surface area contributed by atoms with Crippen LogP contribution < -0.4 is 10.0 Å². The SMILES string of the molecule is O=C1CCC(NS(=O)(=O)c2ccc(Cl)c(Cl)c2)CN1. The summed E-state index contributed by atoms with van der Waals surface area (Å²) in [6, 6.07) is 3.81. The second kappa shape index (κ2) is 5.66. The number of hydrogen-bond acceptors (Lipinski definition) is 3. The average Bonchev–Trinajstić information content (AvgIpc) is 2.35. The molecule has 19 heavy (non-hydrogen) atoms. The number of rotatable bonds is 3.